The highest BCUT2D eigenvalue weighted by atomic mass is 32.1. The fourth-order valence-corrected chi connectivity index (χ4v) is 0.863. The van der Waals surface area contributed by atoms with Crippen LogP contribution in [0.15, 0.2) is 41.8 Å². The van der Waals surface area contributed by atoms with Crippen LogP contribution in [0.3, 0.4) is 0 Å². The van der Waals surface area contributed by atoms with Crippen molar-refractivity contribution in [1.29, 1.82) is 0 Å². The third-order valence-corrected chi connectivity index (χ3v) is 1.83. The first-order valence-corrected chi connectivity index (χ1v) is 4.38. The van der Waals surface area contributed by atoms with Crippen molar-refractivity contribution in [1.82, 2.24) is 0 Å². The minimum Gasteiger partial charge on any atom is -0.491 e. The highest BCUT2D eigenvalue weighted by Gasteiger charge is 2.05. The van der Waals surface area contributed by atoms with E-state index in [1.807, 2.05) is 30.3 Å². The van der Waals surface area contributed by atoms with Crippen LogP contribution in [0.2, 0.25) is 0 Å². The Hall–Kier alpha value is -0.930. The summed E-state index contributed by atoms with van der Waals surface area (Å²) in [4.78, 5) is 0.413. The Kier molecular flexibility index (Phi) is 3.86. The monoisotopic (exact) mass is 196 g/mol. The van der Waals surface area contributed by atoms with Gasteiger partial charge in [0.2, 0.25) is 0 Å². The lowest BCUT2D eigenvalue weighted by molar-refractivity contribution is 0.142. The number of para-hydroxylation sites is 1. The maximum atomic E-state index is 9.29. The molecule has 70 valence electrons. The van der Waals surface area contributed by atoms with E-state index in [1.165, 1.54) is 0 Å². The number of aliphatic hydroxyl groups is 1. The average Bonchev–Trinajstić information content (AvgIpc) is 2.15. The molecule has 1 aromatic rings. The van der Waals surface area contributed by atoms with Crippen molar-refractivity contribution in [2.24, 2.45) is 0 Å². The molecule has 0 saturated carbocycles. The first-order valence-electron chi connectivity index (χ1n) is 3.94. The Morgan fingerprint density at radius 3 is 2.62 bits per heavy atom. The maximum absolute atomic E-state index is 9.29. The van der Waals surface area contributed by atoms with E-state index in [9.17, 15) is 5.11 Å². The van der Waals surface area contributed by atoms with Gasteiger partial charge in [-0.1, -0.05) is 24.8 Å². The van der Waals surface area contributed by atoms with E-state index < -0.39 is 6.10 Å². The SMILES string of the molecule is C=C(S)[C@H](O)COc1ccccc1. The second-order valence-electron chi connectivity index (χ2n) is 2.63. The zero-order valence-electron chi connectivity index (χ0n) is 7.18. The Morgan fingerprint density at radius 1 is 1.46 bits per heavy atom. The standard InChI is InChI=1S/C10H12O2S/c1-8(13)10(11)7-12-9-5-3-2-4-6-9/h2-6,10-11,13H,1,7H2/t10-/m1/s1. The van der Waals surface area contributed by atoms with Gasteiger partial charge in [-0.3, -0.25) is 0 Å². The summed E-state index contributed by atoms with van der Waals surface area (Å²) in [5.41, 5.74) is 0. The van der Waals surface area contributed by atoms with Gasteiger partial charge in [-0.15, -0.1) is 12.6 Å². The second-order valence-corrected chi connectivity index (χ2v) is 3.21. The zero-order chi connectivity index (χ0) is 9.68. The first-order chi connectivity index (χ1) is 6.20. The molecule has 0 aliphatic rings. The molecule has 0 saturated heterocycles. The fourth-order valence-electron chi connectivity index (χ4n) is 0.788. The minimum atomic E-state index is -0.719. The van der Waals surface area contributed by atoms with Gasteiger partial charge in [0, 0.05) is 4.91 Å². The number of benzene rings is 1. The summed E-state index contributed by atoms with van der Waals surface area (Å²) in [5, 5.41) is 9.29. The van der Waals surface area contributed by atoms with Crippen LogP contribution >= 0.6 is 12.6 Å². The fraction of sp³-hybridized carbons (Fsp3) is 0.200. The number of thiol groups is 1. The van der Waals surface area contributed by atoms with Crippen molar-refractivity contribution in [3.63, 3.8) is 0 Å². The van der Waals surface area contributed by atoms with E-state index >= 15 is 0 Å². The number of hydrogen-bond acceptors (Lipinski definition) is 3. The van der Waals surface area contributed by atoms with E-state index in [0.29, 0.717) is 4.91 Å². The van der Waals surface area contributed by atoms with Crippen LogP contribution < -0.4 is 4.74 Å². The highest BCUT2D eigenvalue weighted by molar-refractivity contribution is 7.84. The molecular weight excluding hydrogens is 184 g/mol. The summed E-state index contributed by atoms with van der Waals surface area (Å²) >= 11 is 3.91. The lowest BCUT2D eigenvalue weighted by Crippen LogP contribution is -2.17. The number of aliphatic hydroxyl groups excluding tert-OH is 1. The van der Waals surface area contributed by atoms with Crippen LogP contribution in [-0.2, 0) is 0 Å². The molecule has 0 heterocycles. The van der Waals surface area contributed by atoms with Crippen LogP contribution in [0.5, 0.6) is 5.75 Å². The molecule has 0 aliphatic heterocycles. The van der Waals surface area contributed by atoms with Crippen LogP contribution in [0.1, 0.15) is 0 Å². The smallest absolute Gasteiger partial charge is 0.119 e. The Labute approximate surface area is 83.3 Å². The summed E-state index contributed by atoms with van der Waals surface area (Å²) in [7, 11) is 0. The Bertz CT molecular complexity index is 272. The molecule has 0 radical (unpaired) electrons. The molecule has 13 heavy (non-hydrogen) atoms. The van der Waals surface area contributed by atoms with Gasteiger partial charge in [-0.25, -0.2) is 0 Å². The van der Waals surface area contributed by atoms with E-state index in [4.69, 9.17) is 4.74 Å². The van der Waals surface area contributed by atoms with Crippen LogP contribution in [0.4, 0.5) is 0 Å². The van der Waals surface area contributed by atoms with E-state index in [2.05, 4.69) is 19.2 Å². The lowest BCUT2D eigenvalue weighted by atomic mass is 10.3. The molecule has 0 spiro atoms. The predicted octanol–water partition coefficient (Wildman–Crippen LogP) is 1.87. The van der Waals surface area contributed by atoms with Gasteiger partial charge < -0.3 is 9.84 Å². The molecule has 1 rings (SSSR count). The Morgan fingerprint density at radius 2 is 2.08 bits per heavy atom. The van der Waals surface area contributed by atoms with E-state index in [0.717, 1.165) is 5.75 Å². The van der Waals surface area contributed by atoms with Crippen LogP contribution in [-0.4, -0.2) is 17.8 Å². The molecule has 0 bridgehead atoms. The van der Waals surface area contributed by atoms with Gasteiger partial charge in [-0.2, -0.15) is 0 Å². The number of ether oxygens (including phenoxy) is 1. The summed E-state index contributed by atoms with van der Waals surface area (Å²) in [6.45, 7) is 3.69. The molecule has 3 heteroatoms. The van der Waals surface area contributed by atoms with Crippen molar-refractivity contribution in [3.8, 4) is 5.75 Å². The quantitative estimate of drug-likeness (QED) is 0.720. The van der Waals surface area contributed by atoms with Crippen LogP contribution in [0.25, 0.3) is 0 Å². The van der Waals surface area contributed by atoms with Crippen molar-refractivity contribution in [2.75, 3.05) is 6.61 Å². The third kappa shape index (κ3) is 3.53. The summed E-state index contributed by atoms with van der Waals surface area (Å²) in [6.07, 6.45) is -0.719. The highest BCUT2D eigenvalue weighted by Crippen LogP contribution is 2.10. The molecule has 1 atom stereocenters. The summed E-state index contributed by atoms with van der Waals surface area (Å²) in [5.74, 6) is 0.733. The van der Waals surface area contributed by atoms with Gasteiger partial charge in [0.15, 0.2) is 0 Å². The molecule has 0 fully saturated rings. The molecule has 2 nitrogen and oxygen atoms in total. The molecule has 0 amide bonds. The van der Waals surface area contributed by atoms with Gasteiger partial charge >= 0.3 is 0 Å². The average molecular weight is 196 g/mol. The summed E-state index contributed by atoms with van der Waals surface area (Å²) < 4.78 is 5.27. The molecule has 0 aromatic heterocycles. The van der Waals surface area contributed by atoms with Crippen molar-refractivity contribution in [2.45, 2.75) is 6.10 Å². The Balaban J connectivity index is 2.39. The van der Waals surface area contributed by atoms with E-state index in [-0.39, 0.29) is 6.61 Å². The van der Waals surface area contributed by atoms with Crippen molar-refractivity contribution >= 4 is 12.6 Å². The first kappa shape index (κ1) is 10.2. The van der Waals surface area contributed by atoms with Gasteiger partial charge in [0.1, 0.15) is 18.5 Å². The minimum absolute atomic E-state index is 0.187. The zero-order valence-corrected chi connectivity index (χ0v) is 8.08. The van der Waals surface area contributed by atoms with Crippen molar-refractivity contribution in [3.05, 3.63) is 41.8 Å². The second kappa shape index (κ2) is 4.94. The van der Waals surface area contributed by atoms with Crippen molar-refractivity contribution < 1.29 is 9.84 Å². The van der Waals surface area contributed by atoms with Gasteiger partial charge in [0.05, 0.1) is 0 Å². The van der Waals surface area contributed by atoms with Gasteiger partial charge in [-0.05, 0) is 12.1 Å². The van der Waals surface area contributed by atoms with E-state index in [1.54, 1.807) is 0 Å². The molecule has 0 aliphatic carbocycles. The number of rotatable bonds is 4. The molecular formula is C10H12O2S. The lowest BCUT2D eigenvalue weighted by Gasteiger charge is -2.10. The maximum Gasteiger partial charge on any atom is 0.119 e. The number of hydrogen-bond donors (Lipinski definition) is 2. The topological polar surface area (TPSA) is 29.5 Å². The normalized spacial score (nSPS) is 12.2. The third-order valence-electron chi connectivity index (χ3n) is 1.54. The summed E-state index contributed by atoms with van der Waals surface area (Å²) in [6, 6.07) is 9.30. The molecule has 0 unspecified atom stereocenters. The molecule has 1 aromatic carbocycles. The van der Waals surface area contributed by atoms with Gasteiger partial charge in [0.25, 0.3) is 0 Å². The molecule has 1 N–H and O–H groups in total. The largest absolute Gasteiger partial charge is 0.491 e. The van der Waals surface area contributed by atoms with Crippen LogP contribution in [0, 0.1) is 0 Å². The predicted molar refractivity (Wildman–Crippen MR) is 56.1 cm³/mol.